The number of hydrogen-bond acceptors (Lipinski definition) is 3. The zero-order valence-electron chi connectivity index (χ0n) is 16.1. The van der Waals surface area contributed by atoms with E-state index in [0.717, 1.165) is 18.4 Å². The van der Waals surface area contributed by atoms with Crippen LogP contribution in [0.5, 0.6) is 0 Å². The van der Waals surface area contributed by atoms with Gasteiger partial charge in [-0.05, 0) is 60.9 Å². The van der Waals surface area contributed by atoms with Gasteiger partial charge in [0.2, 0.25) is 5.91 Å². The van der Waals surface area contributed by atoms with Gasteiger partial charge in [0.25, 0.3) is 5.91 Å². The lowest BCUT2D eigenvalue weighted by molar-refractivity contribution is -0.133. The molecule has 0 spiro atoms. The van der Waals surface area contributed by atoms with Gasteiger partial charge in [-0.25, -0.2) is 4.39 Å². The van der Waals surface area contributed by atoms with Crippen LogP contribution in [0, 0.1) is 18.7 Å². The molecule has 1 unspecified atom stereocenters. The molecule has 1 atom stereocenters. The normalized spacial score (nSPS) is 18.2. The van der Waals surface area contributed by atoms with E-state index in [1.807, 2.05) is 17.0 Å². The Balaban J connectivity index is 1.36. The molecule has 1 aromatic heterocycles. The monoisotopic (exact) mass is 384 g/mol. The van der Waals surface area contributed by atoms with Crippen molar-refractivity contribution in [3.05, 3.63) is 59.3 Å². The van der Waals surface area contributed by atoms with Crippen LogP contribution in [0.1, 0.15) is 46.9 Å². The number of hydrogen-bond donors (Lipinski definition) is 0. The Morgan fingerprint density at radius 2 is 1.86 bits per heavy atom. The minimum atomic E-state index is -0.207. The summed E-state index contributed by atoms with van der Waals surface area (Å²) in [5.41, 5.74) is 1.68. The van der Waals surface area contributed by atoms with Crippen LogP contribution in [0.25, 0.3) is 0 Å². The molecule has 2 heterocycles. The summed E-state index contributed by atoms with van der Waals surface area (Å²) in [5, 5.41) is 0. The highest BCUT2D eigenvalue weighted by molar-refractivity contribution is 5.91. The molecule has 148 valence electrons. The minimum Gasteiger partial charge on any atom is -0.459 e. The van der Waals surface area contributed by atoms with Gasteiger partial charge >= 0.3 is 0 Å². The minimum absolute atomic E-state index is 0.115. The van der Waals surface area contributed by atoms with Gasteiger partial charge in [-0.15, -0.1) is 0 Å². The number of piperazine rings is 1. The van der Waals surface area contributed by atoms with Gasteiger partial charge in [-0.2, -0.15) is 0 Å². The molecule has 2 fully saturated rings. The molecule has 1 aliphatic carbocycles. The van der Waals surface area contributed by atoms with E-state index >= 15 is 0 Å². The lowest BCUT2D eigenvalue weighted by atomic mass is 9.89. The molecule has 6 heteroatoms. The smallest absolute Gasteiger partial charge is 0.289 e. The summed E-state index contributed by atoms with van der Waals surface area (Å²) >= 11 is 0. The Kier molecular flexibility index (Phi) is 5.20. The fraction of sp³-hybridized carbons (Fsp3) is 0.455. The summed E-state index contributed by atoms with van der Waals surface area (Å²) in [6, 6.07) is 8.56. The molecule has 2 aliphatic rings. The van der Waals surface area contributed by atoms with E-state index in [-0.39, 0.29) is 23.5 Å². The van der Waals surface area contributed by atoms with Crippen LogP contribution in [0.15, 0.2) is 41.0 Å². The van der Waals surface area contributed by atoms with Crippen LogP contribution in [-0.2, 0) is 4.79 Å². The van der Waals surface area contributed by atoms with Gasteiger partial charge in [0.1, 0.15) is 5.82 Å². The Morgan fingerprint density at radius 3 is 2.46 bits per heavy atom. The molecule has 28 heavy (non-hydrogen) atoms. The van der Waals surface area contributed by atoms with Crippen LogP contribution in [0.3, 0.4) is 0 Å². The zero-order chi connectivity index (χ0) is 19.7. The fourth-order valence-electron chi connectivity index (χ4n) is 3.99. The quantitative estimate of drug-likeness (QED) is 0.792. The Morgan fingerprint density at radius 1 is 1.14 bits per heavy atom. The summed E-state index contributed by atoms with van der Waals surface area (Å²) in [6.07, 6.45) is 4.18. The van der Waals surface area contributed by atoms with Crippen molar-refractivity contribution in [3.63, 3.8) is 0 Å². The number of furan rings is 1. The van der Waals surface area contributed by atoms with E-state index < -0.39 is 0 Å². The number of halogens is 1. The number of carbonyl (C=O) groups is 2. The van der Waals surface area contributed by atoms with Crippen molar-refractivity contribution < 1.29 is 18.4 Å². The topological polar surface area (TPSA) is 53.8 Å². The van der Waals surface area contributed by atoms with E-state index in [1.165, 1.54) is 12.3 Å². The lowest BCUT2D eigenvalue weighted by Gasteiger charge is -2.35. The second kappa shape index (κ2) is 7.78. The molecule has 1 saturated carbocycles. The van der Waals surface area contributed by atoms with Crippen LogP contribution in [-0.4, -0.2) is 47.8 Å². The number of amides is 2. The first kappa shape index (κ1) is 18.7. The van der Waals surface area contributed by atoms with Crippen LogP contribution in [0.4, 0.5) is 4.39 Å². The average molecular weight is 384 g/mol. The standard InChI is InChI=1S/C22H25FN2O3/c1-15-13-17(6-7-19(15)23)18(16-4-5-16)14-21(26)24-8-10-25(11-9-24)22(27)20-3-2-12-28-20/h2-3,6-7,12-13,16,18H,4-5,8-11,14H2,1H3. The van der Waals surface area contributed by atoms with Crippen molar-refractivity contribution in [2.24, 2.45) is 5.92 Å². The van der Waals surface area contributed by atoms with Crippen molar-refractivity contribution >= 4 is 11.8 Å². The number of carbonyl (C=O) groups excluding carboxylic acids is 2. The van der Waals surface area contributed by atoms with Gasteiger partial charge in [-0.1, -0.05) is 12.1 Å². The maximum atomic E-state index is 13.6. The first-order valence-corrected chi connectivity index (χ1v) is 9.89. The zero-order valence-corrected chi connectivity index (χ0v) is 16.1. The lowest BCUT2D eigenvalue weighted by Crippen LogP contribution is -2.50. The van der Waals surface area contributed by atoms with E-state index in [2.05, 4.69) is 0 Å². The molecule has 5 nitrogen and oxygen atoms in total. The first-order chi connectivity index (χ1) is 13.5. The maximum absolute atomic E-state index is 13.6. The van der Waals surface area contributed by atoms with Crippen molar-refractivity contribution in [2.75, 3.05) is 26.2 Å². The molecule has 0 bridgehead atoms. The first-order valence-electron chi connectivity index (χ1n) is 9.89. The number of benzene rings is 1. The molecule has 0 radical (unpaired) electrons. The second-order valence-corrected chi connectivity index (χ2v) is 7.81. The van der Waals surface area contributed by atoms with Crippen LogP contribution >= 0.6 is 0 Å². The summed E-state index contributed by atoms with van der Waals surface area (Å²) < 4.78 is 18.8. The predicted octanol–water partition coefficient (Wildman–Crippen LogP) is 3.60. The van der Waals surface area contributed by atoms with E-state index in [9.17, 15) is 14.0 Å². The third-order valence-electron chi connectivity index (χ3n) is 5.85. The molecule has 4 rings (SSSR count). The van der Waals surface area contributed by atoms with E-state index in [1.54, 1.807) is 24.0 Å². The van der Waals surface area contributed by atoms with E-state index in [4.69, 9.17) is 4.42 Å². The molecule has 2 aromatic rings. The van der Waals surface area contributed by atoms with Crippen molar-refractivity contribution in [3.8, 4) is 0 Å². The van der Waals surface area contributed by atoms with Gasteiger partial charge in [0.15, 0.2) is 5.76 Å². The SMILES string of the molecule is Cc1cc(C(CC(=O)N2CCN(C(=O)c3ccco3)CC2)C2CC2)ccc1F. The highest BCUT2D eigenvalue weighted by atomic mass is 19.1. The average Bonchev–Trinajstić information content (AvgIpc) is 3.40. The van der Waals surface area contributed by atoms with Gasteiger partial charge in [0, 0.05) is 32.6 Å². The Bertz CT molecular complexity index is 853. The van der Waals surface area contributed by atoms with Gasteiger partial charge in [0.05, 0.1) is 6.26 Å². The van der Waals surface area contributed by atoms with Crippen LogP contribution < -0.4 is 0 Å². The summed E-state index contributed by atoms with van der Waals surface area (Å²) in [5.74, 6) is 0.770. The molecule has 0 N–H and O–H groups in total. The molecular weight excluding hydrogens is 359 g/mol. The highest BCUT2D eigenvalue weighted by Crippen LogP contribution is 2.45. The Hall–Kier alpha value is -2.63. The maximum Gasteiger partial charge on any atom is 0.289 e. The third-order valence-corrected chi connectivity index (χ3v) is 5.85. The summed E-state index contributed by atoms with van der Waals surface area (Å²) in [6.45, 7) is 3.85. The van der Waals surface area contributed by atoms with Crippen molar-refractivity contribution in [1.29, 1.82) is 0 Å². The van der Waals surface area contributed by atoms with Crippen molar-refractivity contribution in [2.45, 2.75) is 32.1 Å². The summed E-state index contributed by atoms with van der Waals surface area (Å²) in [4.78, 5) is 28.8. The fourth-order valence-corrected chi connectivity index (χ4v) is 3.99. The van der Waals surface area contributed by atoms with E-state index in [0.29, 0.717) is 49.8 Å². The molecule has 1 saturated heterocycles. The second-order valence-electron chi connectivity index (χ2n) is 7.81. The van der Waals surface area contributed by atoms with Crippen molar-refractivity contribution in [1.82, 2.24) is 9.80 Å². The van der Waals surface area contributed by atoms with Crippen LogP contribution in [0.2, 0.25) is 0 Å². The highest BCUT2D eigenvalue weighted by Gasteiger charge is 2.35. The number of nitrogens with zero attached hydrogens (tertiary/aromatic N) is 2. The number of rotatable bonds is 5. The van der Waals surface area contributed by atoms with Gasteiger partial charge < -0.3 is 14.2 Å². The largest absolute Gasteiger partial charge is 0.459 e. The molecule has 2 amide bonds. The predicted molar refractivity (Wildman–Crippen MR) is 102 cm³/mol. The third kappa shape index (κ3) is 3.96. The Labute approximate surface area is 164 Å². The summed E-state index contributed by atoms with van der Waals surface area (Å²) in [7, 11) is 0. The molecule has 1 aromatic carbocycles. The van der Waals surface area contributed by atoms with Gasteiger partial charge in [-0.3, -0.25) is 9.59 Å². The molecular formula is C22H25FN2O3. The number of aryl methyl sites for hydroxylation is 1. The molecule has 1 aliphatic heterocycles.